The highest BCUT2D eigenvalue weighted by molar-refractivity contribution is 5.91. The minimum Gasteiger partial charge on any atom is -0.456 e. The molecule has 0 unspecified atom stereocenters. The van der Waals surface area contributed by atoms with Crippen LogP contribution in [0.15, 0.2) is 5.10 Å². The average Bonchev–Trinajstić information content (AvgIpc) is 2.77. The molecule has 6 heteroatoms. The number of nitrogens with two attached hydrogens (primary N) is 1. The molecule has 1 saturated heterocycles. The van der Waals surface area contributed by atoms with E-state index in [1.165, 1.54) is 25.7 Å². The van der Waals surface area contributed by atoms with Gasteiger partial charge in [-0.3, -0.25) is 4.79 Å². The Bertz CT molecular complexity index is 369. The molecule has 0 aromatic carbocycles. The third-order valence-electron chi connectivity index (χ3n) is 3.55. The van der Waals surface area contributed by atoms with Crippen LogP contribution in [-0.2, 0) is 9.53 Å². The summed E-state index contributed by atoms with van der Waals surface area (Å²) < 4.78 is 5.28. The zero-order chi connectivity index (χ0) is 15.0. The Labute approximate surface area is 120 Å². The third kappa shape index (κ3) is 5.59. The van der Waals surface area contributed by atoms with E-state index in [0.717, 1.165) is 12.8 Å². The summed E-state index contributed by atoms with van der Waals surface area (Å²) in [5.74, 6) is -0.195. The number of urea groups is 1. The SMILES string of the molecule is CCCCCCC[C@@H]1C[C@@H](/C(C)=N\NC(N)=O)OC1=O. The van der Waals surface area contributed by atoms with Crippen molar-refractivity contribution in [2.75, 3.05) is 0 Å². The molecule has 0 saturated carbocycles. The lowest BCUT2D eigenvalue weighted by molar-refractivity contribution is -0.142. The van der Waals surface area contributed by atoms with E-state index in [2.05, 4.69) is 17.5 Å². The number of carbonyl (C=O) groups is 2. The summed E-state index contributed by atoms with van der Waals surface area (Å²) >= 11 is 0. The number of hydrogen-bond acceptors (Lipinski definition) is 4. The first-order chi connectivity index (χ1) is 9.54. The zero-order valence-corrected chi connectivity index (χ0v) is 12.4. The molecule has 0 aliphatic carbocycles. The number of hydrazone groups is 1. The lowest BCUT2D eigenvalue weighted by atomic mass is 9.96. The quantitative estimate of drug-likeness (QED) is 0.310. The Kier molecular flexibility index (Phi) is 7.04. The van der Waals surface area contributed by atoms with Crippen molar-refractivity contribution < 1.29 is 14.3 Å². The molecule has 0 bridgehead atoms. The Balaban J connectivity index is 2.33. The molecule has 3 N–H and O–H groups in total. The largest absolute Gasteiger partial charge is 0.456 e. The van der Waals surface area contributed by atoms with Gasteiger partial charge in [-0.1, -0.05) is 39.0 Å². The first-order valence-corrected chi connectivity index (χ1v) is 7.34. The summed E-state index contributed by atoms with van der Waals surface area (Å²) in [6.07, 6.45) is 7.09. The molecule has 1 aliphatic rings. The van der Waals surface area contributed by atoms with E-state index >= 15 is 0 Å². The molecule has 20 heavy (non-hydrogen) atoms. The number of ether oxygens (including phenoxy) is 1. The molecule has 6 nitrogen and oxygen atoms in total. The van der Waals surface area contributed by atoms with Crippen molar-refractivity contribution >= 4 is 17.7 Å². The average molecular weight is 283 g/mol. The normalized spacial score (nSPS) is 22.7. The van der Waals surface area contributed by atoms with Crippen LogP contribution in [0.5, 0.6) is 0 Å². The van der Waals surface area contributed by atoms with Gasteiger partial charge in [0.15, 0.2) is 0 Å². The van der Waals surface area contributed by atoms with Crippen molar-refractivity contribution in [2.45, 2.75) is 64.9 Å². The van der Waals surface area contributed by atoms with Gasteiger partial charge in [-0.05, 0) is 13.3 Å². The van der Waals surface area contributed by atoms with Crippen LogP contribution < -0.4 is 11.2 Å². The second-order valence-electron chi connectivity index (χ2n) is 5.29. The zero-order valence-electron chi connectivity index (χ0n) is 12.4. The summed E-state index contributed by atoms with van der Waals surface area (Å²) in [4.78, 5) is 22.3. The fraction of sp³-hybridized carbons (Fsp3) is 0.786. The van der Waals surface area contributed by atoms with Crippen LogP contribution in [-0.4, -0.2) is 23.8 Å². The van der Waals surface area contributed by atoms with Gasteiger partial charge < -0.3 is 10.5 Å². The van der Waals surface area contributed by atoms with Crippen LogP contribution in [0.4, 0.5) is 4.79 Å². The highest BCUT2D eigenvalue weighted by Crippen LogP contribution is 2.27. The van der Waals surface area contributed by atoms with Crippen LogP contribution in [0, 0.1) is 5.92 Å². The minimum atomic E-state index is -0.721. The summed E-state index contributed by atoms with van der Waals surface area (Å²) in [5.41, 5.74) is 7.66. The number of cyclic esters (lactones) is 1. The molecule has 0 spiro atoms. The second kappa shape index (κ2) is 8.55. The number of nitrogens with one attached hydrogen (secondary N) is 1. The number of hydrogen-bond donors (Lipinski definition) is 2. The topological polar surface area (TPSA) is 93.8 Å². The van der Waals surface area contributed by atoms with Crippen molar-refractivity contribution in [3.05, 3.63) is 0 Å². The molecule has 1 fully saturated rings. The van der Waals surface area contributed by atoms with Crippen molar-refractivity contribution in [3.8, 4) is 0 Å². The lowest BCUT2D eigenvalue weighted by Gasteiger charge is -2.07. The van der Waals surface area contributed by atoms with Crippen LogP contribution in [0.1, 0.15) is 58.8 Å². The molecule has 1 aliphatic heterocycles. The van der Waals surface area contributed by atoms with Crippen molar-refractivity contribution in [2.24, 2.45) is 16.8 Å². The number of nitrogens with zero attached hydrogens (tertiary/aromatic N) is 1. The summed E-state index contributed by atoms with van der Waals surface area (Å²) in [7, 11) is 0. The first kappa shape index (κ1) is 16.5. The van der Waals surface area contributed by atoms with Crippen molar-refractivity contribution in [1.82, 2.24) is 5.43 Å². The van der Waals surface area contributed by atoms with Crippen LogP contribution in [0.25, 0.3) is 0 Å². The van der Waals surface area contributed by atoms with Crippen LogP contribution in [0.3, 0.4) is 0 Å². The van der Waals surface area contributed by atoms with Gasteiger partial charge in [0.1, 0.15) is 6.10 Å². The smallest absolute Gasteiger partial charge is 0.332 e. The Hall–Kier alpha value is -1.59. The van der Waals surface area contributed by atoms with E-state index in [1.54, 1.807) is 6.92 Å². The maximum absolute atomic E-state index is 11.8. The fourth-order valence-corrected chi connectivity index (χ4v) is 2.34. The molecular weight excluding hydrogens is 258 g/mol. The molecule has 114 valence electrons. The Morgan fingerprint density at radius 2 is 2.10 bits per heavy atom. The number of rotatable bonds is 8. The van der Waals surface area contributed by atoms with E-state index in [1.807, 2.05) is 0 Å². The highest BCUT2D eigenvalue weighted by Gasteiger charge is 2.35. The number of primary amides is 1. The highest BCUT2D eigenvalue weighted by atomic mass is 16.6. The van der Waals surface area contributed by atoms with Gasteiger partial charge in [-0.15, -0.1) is 0 Å². The number of carbonyl (C=O) groups excluding carboxylic acids is 2. The molecule has 0 radical (unpaired) electrons. The Morgan fingerprint density at radius 1 is 1.40 bits per heavy atom. The molecule has 0 aromatic rings. The monoisotopic (exact) mass is 283 g/mol. The minimum absolute atomic E-state index is 0.0413. The van der Waals surface area contributed by atoms with Gasteiger partial charge in [-0.25, -0.2) is 10.2 Å². The van der Waals surface area contributed by atoms with Gasteiger partial charge in [0.2, 0.25) is 0 Å². The van der Waals surface area contributed by atoms with Crippen molar-refractivity contribution in [3.63, 3.8) is 0 Å². The van der Waals surface area contributed by atoms with Crippen LogP contribution >= 0.6 is 0 Å². The van der Waals surface area contributed by atoms with Gasteiger partial charge >= 0.3 is 12.0 Å². The van der Waals surface area contributed by atoms with E-state index in [9.17, 15) is 9.59 Å². The van der Waals surface area contributed by atoms with Gasteiger partial charge in [0.25, 0.3) is 0 Å². The molecule has 2 amide bonds. The van der Waals surface area contributed by atoms with Gasteiger partial charge in [0.05, 0.1) is 11.6 Å². The van der Waals surface area contributed by atoms with E-state index in [0.29, 0.717) is 12.1 Å². The maximum Gasteiger partial charge on any atom is 0.332 e. The lowest BCUT2D eigenvalue weighted by Crippen LogP contribution is -2.28. The maximum atomic E-state index is 11.8. The second-order valence-corrected chi connectivity index (χ2v) is 5.29. The van der Waals surface area contributed by atoms with Gasteiger partial charge in [0, 0.05) is 6.42 Å². The first-order valence-electron chi connectivity index (χ1n) is 7.34. The predicted molar refractivity (Wildman–Crippen MR) is 77.2 cm³/mol. The number of unbranched alkanes of at least 4 members (excludes halogenated alkanes) is 4. The molecule has 0 aromatic heterocycles. The van der Waals surface area contributed by atoms with Gasteiger partial charge in [-0.2, -0.15) is 5.10 Å². The number of esters is 1. The van der Waals surface area contributed by atoms with Crippen molar-refractivity contribution in [1.29, 1.82) is 0 Å². The molecule has 1 rings (SSSR count). The summed E-state index contributed by atoms with van der Waals surface area (Å²) in [6.45, 7) is 3.90. The van der Waals surface area contributed by atoms with E-state index in [-0.39, 0.29) is 18.0 Å². The third-order valence-corrected chi connectivity index (χ3v) is 3.55. The summed E-state index contributed by atoms with van der Waals surface area (Å²) in [6, 6.07) is -0.721. The fourth-order valence-electron chi connectivity index (χ4n) is 2.34. The molecule has 2 atom stereocenters. The van der Waals surface area contributed by atoms with E-state index in [4.69, 9.17) is 10.5 Å². The molecular formula is C14H25N3O3. The number of amides is 2. The molecule has 1 heterocycles. The summed E-state index contributed by atoms with van der Waals surface area (Å²) in [5, 5.41) is 3.81. The predicted octanol–water partition coefficient (Wildman–Crippen LogP) is 2.32. The van der Waals surface area contributed by atoms with Crippen LogP contribution in [0.2, 0.25) is 0 Å². The standard InChI is InChI=1S/C14H25N3O3/c1-3-4-5-6-7-8-11-9-12(20-13(11)18)10(2)16-17-14(15)19/h11-12H,3-9H2,1-2H3,(H3,15,17,19)/b16-10-/t11-,12+/m1/s1. The van der Waals surface area contributed by atoms with E-state index < -0.39 is 6.03 Å². The Morgan fingerprint density at radius 3 is 2.75 bits per heavy atom.